The van der Waals surface area contributed by atoms with Gasteiger partial charge in [0.1, 0.15) is 5.82 Å². The number of benzene rings is 1. The van der Waals surface area contributed by atoms with E-state index < -0.39 is 33.9 Å². The Morgan fingerprint density at radius 1 is 1.29 bits per heavy atom. The van der Waals surface area contributed by atoms with E-state index in [0.717, 1.165) is 6.07 Å². The highest BCUT2D eigenvalue weighted by Gasteiger charge is 2.22. The van der Waals surface area contributed by atoms with Crippen LogP contribution in [0.1, 0.15) is 15.9 Å². The lowest BCUT2D eigenvalue weighted by Crippen LogP contribution is -2.08. The van der Waals surface area contributed by atoms with Gasteiger partial charge in [-0.15, -0.1) is 0 Å². The minimum absolute atomic E-state index is 0.155. The van der Waals surface area contributed by atoms with Gasteiger partial charge in [0.05, 0.1) is 21.3 Å². The fraction of sp³-hybridized carbons (Fsp3) is 0.0769. The van der Waals surface area contributed by atoms with E-state index in [1.54, 1.807) is 13.0 Å². The summed E-state index contributed by atoms with van der Waals surface area (Å²) in [4.78, 5) is 15.0. The maximum absolute atomic E-state index is 13.9. The third-order valence-electron chi connectivity index (χ3n) is 2.68. The van der Waals surface area contributed by atoms with E-state index in [1.807, 2.05) is 0 Å². The summed E-state index contributed by atoms with van der Waals surface area (Å²) < 4.78 is 27.5. The molecule has 0 atom stereocenters. The Morgan fingerprint density at radius 2 is 1.95 bits per heavy atom. The lowest BCUT2D eigenvalue weighted by Gasteiger charge is -2.13. The molecule has 0 unspecified atom stereocenters. The van der Waals surface area contributed by atoms with Crippen molar-refractivity contribution in [2.45, 2.75) is 6.92 Å². The first-order chi connectivity index (χ1) is 9.81. The highest BCUT2D eigenvalue weighted by molar-refractivity contribution is 6.31. The Morgan fingerprint density at radius 3 is 2.52 bits per heavy atom. The quantitative estimate of drug-likeness (QED) is 0.817. The van der Waals surface area contributed by atoms with Crippen LogP contribution >= 0.6 is 23.2 Å². The molecule has 2 aromatic rings. The van der Waals surface area contributed by atoms with E-state index in [2.05, 4.69) is 10.3 Å². The number of hydrogen-bond donors (Lipinski definition) is 2. The van der Waals surface area contributed by atoms with Gasteiger partial charge in [0.25, 0.3) is 0 Å². The number of hydrogen-bond acceptors (Lipinski definition) is 3. The third-order valence-corrected chi connectivity index (χ3v) is 3.16. The van der Waals surface area contributed by atoms with Crippen LogP contribution in [0.5, 0.6) is 0 Å². The van der Waals surface area contributed by atoms with Crippen molar-refractivity contribution < 1.29 is 18.7 Å². The number of carboxylic acid groups (broad SMARTS) is 1. The minimum Gasteiger partial charge on any atom is -0.478 e. The molecular weight excluding hydrogens is 325 g/mol. The second kappa shape index (κ2) is 5.83. The molecule has 0 aliphatic carbocycles. The number of anilines is 2. The number of carbonyl (C=O) groups is 1. The number of aromatic nitrogens is 1. The number of pyridine rings is 1. The average molecular weight is 333 g/mol. The maximum Gasteiger partial charge on any atom is 0.337 e. The molecule has 0 aliphatic heterocycles. The molecule has 21 heavy (non-hydrogen) atoms. The molecule has 4 nitrogen and oxygen atoms in total. The van der Waals surface area contributed by atoms with Crippen LogP contribution in [0, 0.1) is 18.6 Å². The summed E-state index contributed by atoms with van der Waals surface area (Å²) in [6.45, 7) is 1.63. The molecule has 0 spiro atoms. The van der Waals surface area contributed by atoms with Crippen LogP contribution in [0.15, 0.2) is 18.3 Å². The van der Waals surface area contributed by atoms with Gasteiger partial charge in [-0.25, -0.2) is 18.6 Å². The molecule has 1 heterocycles. The molecule has 0 saturated carbocycles. The first-order valence-corrected chi connectivity index (χ1v) is 6.36. The van der Waals surface area contributed by atoms with E-state index in [4.69, 9.17) is 28.3 Å². The van der Waals surface area contributed by atoms with Gasteiger partial charge in [-0.2, -0.15) is 0 Å². The SMILES string of the molecule is Cc1cc(Cl)cnc1Nc1c(C(=O)O)cc(Cl)c(F)c1F. The van der Waals surface area contributed by atoms with Gasteiger partial charge in [0.15, 0.2) is 11.6 Å². The van der Waals surface area contributed by atoms with E-state index in [9.17, 15) is 13.6 Å². The minimum atomic E-state index is -1.45. The zero-order valence-electron chi connectivity index (χ0n) is 10.5. The van der Waals surface area contributed by atoms with Crippen LogP contribution in [-0.2, 0) is 0 Å². The van der Waals surface area contributed by atoms with Crippen LogP contribution in [0.4, 0.5) is 20.3 Å². The van der Waals surface area contributed by atoms with Crippen LogP contribution in [0.2, 0.25) is 10.0 Å². The van der Waals surface area contributed by atoms with Crippen molar-refractivity contribution in [2.24, 2.45) is 0 Å². The Hall–Kier alpha value is -1.92. The predicted molar refractivity (Wildman–Crippen MR) is 75.6 cm³/mol. The van der Waals surface area contributed by atoms with Gasteiger partial charge in [-0.1, -0.05) is 23.2 Å². The predicted octanol–water partition coefficient (Wildman–Crippen LogP) is 4.42. The number of aromatic carboxylic acids is 1. The summed E-state index contributed by atoms with van der Waals surface area (Å²) in [7, 11) is 0. The topological polar surface area (TPSA) is 62.2 Å². The summed E-state index contributed by atoms with van der Waals surface area (Å²) in [5.41, 5.74) is -0.522. The van der Waals surface area contributed by atoms with Gasteiger partial charge >= 0.3 is 5.97 Å². The van der Waals surface area contributed by atoms with Gasteiger partial charge < -0.3 is 10.4 Å². The number of aryl methyl sites for hydroxylation is 1. The lowest BCUT2D eigenvalue weighted by atomic mass is 10.1. The standard InChI is InChI=1S/C13H8Cl2F2N2O2/c1-5-2-6(14)4-18-12(5)19-11-7(13(20)21)3-8(15)9(16)10(11)17/h2-4H,1H3,(H,18,19)(H,20,21). The summed E-state index contributed by atoms with van der Waals surface area (Å²) >= 11 is 11.2. The summed E-state index contributed by atoms with van der Waals surface area (Å²) in [6, 6.07) is 2.37. The van der Waals surface area contributed by atoms with Gasteiger partial charge in [-0.3, -0.25) is 0 Å². The molecule has 1 aromatic heterocycles. The third kappa shape index (κ3) is 3.06. The van der Waals surface area contributed by atoms with Crippen molar-refractivity contribution in [1.29, 1.82) is 0 Å². The monoisotopic (exact) mass is 332 g/mol. The zero-order chi connectivity index (χ0) is 15.7. The van der Waals surface area contributed by atoms with E-state index in [-0.39, 0.29) is 5.82 Å². The Labute approximate surface area is 128 Å². The molecule has 0 saturated heterocycles. The second-order valence-electron chi connectivity index (χ2n) is 4.16. The molecular formula is C13H8Cl2F2N2O2. The van der Waals surface area contributed by atoms with Crippen molar-refractivity contribution >= 4 is 40.7 Å². The molecule has 8 heteroatoms. The molecule has 2 rings (SSSR count). The molecule has 2 N–H and O–H groups in total. The highest BCUT2D eigenvalue weighted by atomic mass is 35.5. The van der Waals surface area contributed by atoms with Crippen molar-refractivity contribution in [1.82, 2.24) is 4.98 Å². The molecule has 0 aliphatic rings. The largest absolute Gasteiger partial charge is 0.478 e. The number of halogens is 4. The first-order valence-electron chi connectivity index (χ1n) is 5.61. The van der Waals surface area contributed by atoms with Crippen LogP contribution in [0.3, 0.4) is 0 Å². The Balaban J connectivity index is 2.57. The smallest absolute Gasteiger partial charge is 0.337 e. The van der Waals surface area contributed by atoms with Crippen molar-refractivity contribution in [2.75, 3.05) is 5.32 Å². The van der Waals surface area contributed by atoms with Crippen LogP contribution < -0.4 is 5.32 Å². The summed E-state index contributed by atoms with van der Waals surface area (Å²) in [5, 5.41) is 11.3. The number of nitrogens with one attached hydrogen (secondary N) is 1. The van der Waals surface area contributed by atoms with Crippen molar-refractivity contribution in [3.63, 3.8) is 0 Å². The van der Waals surface area contributed by atoms with Crippen LogP contribution in [0.25, 0.3) is 0 Å². The molecule has 1 aromatic carbocycles. The van der Waals surface area contributed by atoms with E-state index in [1.165, 1.54) is 6.20 Å². The second-order valence-corrected chi connectivity index (χ2v) is 5.00. The highest BCUT2D eigenvalue weighted by Crippen LogP contribution is 2.31. The van der Waals surface area contributed by atoms with Gasteiger partial charge in [-0.05, 0) is 24.6 Å². The summed E-state index contributed by atoms with van der Waals surface area (Å²) in [5.74, 6) is -4.03. The number of nitrogens with zero attached hydrogens (tertiary/aromatic N) is 1. The number of rotatable bonds is 3. The fourth-order valence-electron chi connectivity index (χ4n) is 1.68. The van der Waals surface area contributed by atoms with Gasteiger partial charge in [0, 0.05) is 6.20 Å². The van der Waals surface area contributed by atoms with E-state index in [0.29, 0.717) is 10.6 Å². The maximum atomic E-state index is 13.9. The van der Waals surface area contributed by atoms with E-state index >= 15 is 0 Å². The summed E-state index contributed by atoms with van der Waals surface area (Å²) in [6.07, 6.45) is 1.29. The lowest BCUT2D eigenvalue weighted by molar-refractivity contribution is 0.0697. The molecule has 110 valence electrons. The number of carboxylic acids is 1. The van der Waals surface area contributed by atoms with Crippen LogP contribution in [-0.4, -0.2) is 16.1 Å². The molecule has 0 fully saturated rings. The Kier molecular flexibility index (Phi) is 4.29. The van der Waals surface area contributed by atoms with Gasteiger partial charge in [0.2, 0.25) is 0 Å². The first kappa shape index (κ1) is 15.5. The Bertz CT molecular complexity index is 739. The van der Waals surface area contributed by atoms with Crippen molar-refractivity contribution in [3.8, 4) is 0 Å². The molecule has 0 radical (unpaired) electrons. The zero-order valence-corrected chi connectivity index (χ0v) is 12.1. The average Bonchev–Trinajstić information content (AvgIpc) is 2.41. The van der Waals surface area contributed by atoms with Crippen molar-refractivity contribution in [3.05, 3.63) is 51.1 Å². The normalized spacial score (nSPS) is 10.5. The fourth-order valence-corrected chi connectivity index (χ4v) is 2.08. The molecule has 0 bridgehead atoms. The molecule has 0 amide bonds.